The minimum absolute atomic E-state index is 0.00455. The molecule has 0 aromatic rings. The largest absolute Gasteiger partial charge is 0.345 e. The average Bonchev–Trinajstić information content (AvgIpc) is 3.00. The van der Waals surface area contributed by atoms with E-state index in [1.54, 1.807) is 6.92 Å². The molecule has 0 bridgehead atoms. The monoisotopic (exact) mass is 295 g/mol. The third-order valence-corrected chi connectivity index (χ3v) is 4.84. The standard InChI is InChI=1S/C16H29N3O2/c1-12(16(21)19-10-2-3-11-19)18-15(20)9-6-13-4-7-14(17)8-5-13/h12-14H,2-11,17H2,1H3,(H,18,20). The van der Waals surface area contributed by atoms with Gasteiger partial charge in [-0.2, -0.15) is 0 Å². The lowest BCUT2D eigenvalue weighted by atomic mass is 9.84. The van der Waals surface area contributed by atoms with Gasteiger partial charge in [0.25, 0.3) is 0 Å². The van der Waals surface area contributed by atoms with Gasteiger partial charge in [-0.1, -0.05) is 0 Å². The van der Waals surface area contributed by atoms with Crippen molar-refractivity contribution in [1.29, 1.82) is 0 Å². The number of amides is 2. The van der Waals surface area contributed by atoms with Crippen molar-refractivity contribution in [3.05, 3.63) is 0 Å². The summed E-state index contributed by atoms with van der Waals surface area (Å²) in [6.07, 6.45) is 8.03. The Morgan fingerprint density at radius 1 is 1.19 bits per heavy atom. The Morgan fingerprint density at radius 2 is 1.81 bits per heavy atom. The maximum atomic E-state index is 12.1. The van der Waals surface area contributed by atoms with Crippen molar-refractivity contribution in [3.8, 4) is 0 Å². The quantitative estimate of drug-likeness (QED) is 0.805. The van der Waals surface area contributed by atoms with Crippen LogP contribution in [0.15, 0.2) is 0 Å². The molecule has 0 aromatic carbocycles. The lowest BCUT2D eigenvalue weighted by molar-refractivity contribution is -0.135. The maximum absolute atomic E-state index is 12.1. The van der Waals surface area contributed by atoms with Crippen LogP contribution in [-0.4, -0.2) is 41.9 Å². The Balaban J connectivity index is 1.65. The molecule has 3 N–H and O–H groups in total. The maximum Gasteiger partial charge on any atom is 0.244 e. The van der Waals surface area contributed by atoms with Gasteiger partial charge in [0.05, 0.1) is 0 Å². The van der Waals surface area contributed by atoms with Crippen molar-refractivity contribution < 1.29 is 9.59 Å². The molecule has 5 heteroatoms. The highest BCUT2D eigenvalue weighted by atomic mass is 16.2. The fourth-order valence-corrected chi connectivity index (χ4v) is 3.40. The molecule has 2 aliphatic rings. The van der Waals surface area contributed by atoms with Crippen LogP contribution in [0, 0.1) is 5.92 Å². The topological polar surface area (TPSA) is 75.4 Å². The number of rotatable bonds is 5. The number of hydrogen-bond acceptors (Lipinski definition) is 3. The van der Waals surface area contributed by atoms with Gasteiger partial charge in [0.1, 0.15) is 6.04 Å². The highest BCUT2D eigenvalue weighted by molar-refractivity contribution is 5.87. The molecule has 2 amide bonds. The van der Waals surface area contributed by atoms with Crippen molar-refractivity contribution >= 4 is 11.8 Å². The molecular weight excluding hydrogens is 266 g/mol. The summed E-state index contributed by atoms with van der Waals surface area (Å²) in [6.45, 7) is 3.46. The predicted molar refractivity (Wildman–Crippen MR) is 82.6 cm³/mol. The van der Waals surface area contributed by atoms with Gasteiger partial charge < -0.3 is 16.0 Å². The minimum Gasteiger partial charge on any atom is -0.345 e. The van der Waals surface area contributed by atoms with E-state index in [4.69, 9.17) is 5.73 Å². The molecule has 1 aliphatic carbocycles. The Morgan fingerprint density at radius 3 is 2.43 bits per heavy atom. The Hall–Kier alpha value is -1.10. The fraction of sp³-hybridized carbons (Fsp3) is 0.875. The molecule has 0 radical (unpaired) electrons. The molecule has 120 valence electrons. The summed E-state index contributed by atoms with van der Waals surface area (Å²) in [6, 6.07) is -0.0384. The summed E-state index contributed by atoms with van der Waals surface area (Å²) in [4.78, 5) is 25.9. The van der Waals surface area contributed by atoms with Crippen LogP contribution in [0.2, 0.25) is 0 Å². The van der Waals surface area contributed by atoms with E-state index in [2.05, 4.69) is 5.32 Å². The molecule has 1 saturated heterocycles. The Labute approximate surface area is 127 Å². The van der Waals surface area contributed by atoms with Gasteiger partial charge in [-0.15, -0.1) is 0 Å². The number of carbonyl (C=O) groups is 2. The smallest absolute Gasteiger partial charge is 0.244 e. The van der Waals surface area contributed by atoms with Crippen LogP contribution in [0.3, 0.4) is 0 Å². The first-order chi connectivity index (χ1) is 10.1. The van der Waals surface area contributed by atoms with Crippen molar-refractivity contribution in [3.63, 3.8) is 0 Å². The summed E-state index contributed by atoms with van der Waals surface area (Å²) < 4.78 is 0. The van der Waals surface area contributed by atoms with E-state index in [0.29, 0.717) is 18.4 Å². The van der Waals surface area contributed by atoms with E-state index in [-0.39, 0.29) is 11.8 Å². The van der Waals surface area contributed by atoms with Gasteiger partial charge in [0.2, 0.25) is 11.8 Å². The number of likely N-dealkylation sites (tertiary alicyclic amines) is 1. The number of nitrogens with one attached hydrogen (secondary N) is 1. The van der Waals surface area contributed by atoms with E-state index in [1.165, 1.54) is 0 Å². The molecule has 1 heterocycles. The number of carbonyl (C=O) groups excluding carboxylic acids is 2. The normalized spacial score (nSPS) is 27.4. The van der Waals surface area contributed by atoms with Gasteiger partial charge in [-0.3, -0.25) is 9.59 Å². The molecule has 5 nitrogen and oxygen atoms in total. The first-order valence-electron chi connectivity index (χ1n) is 8.40. The number of nitrogens with zero attached hydrogens (tertiary/aromatic N) is 1. The highest BCUT2D eigenvalue weighted by Gasteiger charge is 2.25. The van der Waals surface area contributed by atoms with E-state index in [1.807, 2.05) is 4.90 Å². The molecule has 1 unspecified atom stereocenters. The van der Waals surface area contributed by atoms with Crippen molar-refractivity contribution in [2.24, 2.45) is 11.7 Å². The fourth-order valence-electron chi connectivity index (χ4n) is 3.40. The molecule has 2 rings (SSSR count). The molecule has 0 spiro atoms. The molecule has 1 saturated carbocycles. The van der Waals surface area contributed by atoms with Crippen molar-refractivity contribution in [2.75, 3.05) is 13.1 Å². The second-order valence-electron chi connectivity index (χ2n) is 6.64. The SMILES string of the molecule is CC(NC(=O)CCC1CCC(N)CC1)C(=O)N1CCCC1. The van der Waals surface area contributed by atoms with Crippen LogP contribution in [0.25, 0.3) is 0 Å². The van der Waals surface area contributed by atoms with E-state index < -0.39 is 6.04 Å². The van der Waals surface area contributed by atoms with Crippen LogP contribution in [0.4, 0.5) is 0 Å². The lowest BCUT2D eigenvalue weighted by Crippen LogP contribution is -2.46. The Bertz CT molecular complexity index is 359. The van der Waals surface area contributed by atoms with E-state index >= 15 is 0 Å². The molecule has 2 fully saturated rings. The van der Waals surface area contributed by atoms with E-state index in [0.717, 1.165) is 58.0 Å². The number of nitrogens with two attached hydrogens (primary N) is 1. The van der Waals surface area contributed by atoms with Crippen molar-refractivity contribution in [1.82, 2.24) is 10.2 Å². The van der Waals surface area contributed by atoms with Gasteiger partial charge >= 0.3 is 0 Å². The van der Waals surface area contributed by atoms with Gasteiger partial charge in [-0.25, -0.2) is 0 Å². The first kappa shape index (κ1) is 16.3. The van der Waals surface area contributed by atoms with Crippen LogP contribution in [0.5, 0.6) is 0 Å². The first-order valence-corrected chi connectivity index (χ1v) is 8.40. The highest BCUT2D eigenvalue weighted by Crippen LogP contribution is 2.26. The van der Waals surface area contributed by atoms with Crippen LogP contribution < -0.4 is 11.1 Å². The summed E-state index contributed by atoms with van der Waals surface area (Å²) >= 11 is 0. The summed E-state index contributed by atoms with van der Waals surface area (Å²) in [5.74, 6) is 0.689. The number of hydrogen-bond donors (Lipinski definition) is 2. The minimum atomic E-state index is -0.393. The molecule has 0 aromatic heterocycles. The third-order valence-electron chi connectivity index (χ3n) is 4.84. The Kier molecular flexibility index (Phi) is 6.03. The van der Waals surface area contributed by atoms with Crippen molar-refractivity contribution in [2.45, 2.75) is 70.4 Å². The van der Waals surface area contributed by atoms with Crippen LogP contribution in [0.1, 0.15) is 58.3 Å². The van der Waals surface area contributed by atoms with Gasteiger partial charge in [-0.05, 0) is 57.8 Å². The summed E-state index contributed by atoms with van der Waals surface area (Å²) in [7, 11) is 0. The average molecular weight is 295 g/mol. The summed E-state index contributed by atoms with van der Waals surface area (Å²) in [5.41, 5.74) is 5.89. The molecule has 21 heavy (non-hydrogen) atoms. The second-order valence-corrected chi connectivity index (χ2v) is 6.64. The van der Waals surface area contributed by atoms with Gasteiger partial charge in [0.15, 0.2) is 0 Å². The second kappa shape index (κ2) is 7.78. The summed E-state index contributed by atoms with van der Waals surface area (Å²) in [5, 5.41) is 2.85. The lowest BCUT2D eigenvalue weighted by Gasteiger charge is -2.26. The predicted octanol–water partition coefficient (Wildman–Crippen LogP) is 1.41. The third kappa shape index (κ3) is 4.99. The molecule has 1 atom stereocenters. The molecular formula is C16H29N3O2. The zero-order chi connectivity index (χ0) is 15.2. The molecule has 1 aliphatic heterocycles. The van der Waals surface area contributed by atoms with Crippen LogP contribution in [-0.2, 0) is 9.59 Å². The van der Waals surface area contributed by atoms with E-state index in [9.17, 15) is 9.59 Å². The zero-order valence-electron chi connectivity index (χ0n) is 13.1. The zero-order valence-corrected chi connectivity index (χ0v) is 13.1. The van der Waals surface area contributed by atoms with Crippen LogP contribution >= 0.6 is 0 Å². The van der Waals surface area contributed by atoms with Gasteiger partial charge in [0, 0.05) is 25.6 Å².